The first-order chi connectivity index (χ1) is 17.8. The molecule has 1 aromatic carbocycles. The van der Waals surface area contributed by atoms with E-state index in [1.807, 2.05) is 11.8 Å². The number of rotatable bonds is 7. The Balaban J connectivity index is 1.38. The summed E-state index contributed by atoms with van der Waals surface area (Å²) in [6.07, 6.45) is 0. The summed E-state index contributed by atoms with van der Waals surface area (Å²) in [5.41, 5.74) is 1.85. The van der Waals surface area contributed by atoms with Crippen LogP contribution in [0, 0.1) is 0 Å². The Bertz CT molecular complexity index is 1320. The minimum atomic E-state index is -3.07. The molecule has 0 unspecified atom stereocenters. The van der Waals surface area contributed by atoms with Crippen molar-refractivity contribution in [2.45, 2.75) is 19.6 Å². The van der Waals surface area contributed by atoms with Crippen molar-refractivity contribution in [2.24, 2.45) is 0 Å². The molecular weight excluding hydrogens is 486 g/mol. The van der Waals surface area contributed by atoms with E-state index in [9.17, 15) is 18.4 Å². The Morgan fingerprint density at radius 3 is 2.73 bits per heavy atom. The van der Waals surface area contributed by atoms with Crippen molar-refractivity contribution in [1.82, 2.24) is 19.8 Å². The maximum Gasteiger partial charge on any atom is 0.387 e. The highest BCUT2D eigenvalue weighted by atomic mass is 19.3. The van der Waals surface area contributed by atoms with Crippen molar-refractivity contribution >= 4 is 34.2 Å². The van der Waals surface area contributed by atoms with E-state index in [2.05, 4.69) is 20.5 Å². The number of hydrogen-bond donors (Lipinski definition) is 3. The largest absolute Gasteiger partial charge is 0.433 e. The third-order valence-electron chi connectivity index (χ3n) is 6.73. The topological polar surface area (TPSA) is 112 Å². The minimum Gasteiger partial charge on any atom is -0.433 e. The van der Waals surface area contributed by atoms with E-state index in [0.717, 1.165) is 18.5 Å². The van der Waals surface area contributed by atoms with Crippen LogP contribution in [0.5, 0.6) is 5.75 Å². The Morgan fingerprint density at radius 2 is 2.00 bits per heavy atom. The molecular formula is C25H28F2N6O4. The third kappa shape index (κ3) is 5.07. The van der Waals surface area contributed by atoms with Crippen molar-refractivity contribution in [3.8, 4) is 5.75 Å². The lowest BCUT2D eigenvalue weighted by Crippen LogP contribution is -2.47. The number of fused-ring (bicyclic) bond motifs is 3. The second-order valence-electron chi connectivity index (χ2n) is 9.13. The van der Waals surface area contributed by atoms with Crippen LogP contribution in [0.2, 0.25) is 0 Å². The average Bonchev–Trinajstić information content (AvgIpc) is 3.28. The Hall–Kier alpha value is -3.77. The fourth-order valence-electron chi connectivity index (χ4n) is 4.83. The first kappa shape index (κ1) is 24.9. The van der Waals surface area contributed by atoms with Gasteiger partial charge in [0.25, 0.3) is 11.8 Å². The van der Waals surface area contributed by atoms with Crippen LogP contribution in [0.1, 0.15) is 33.9 Å². The molecule has 4 heterocycles. The van der Waals surface area contributed by atoms with Gasteiger partial charge in [0.2, 0.25) is 0 Å². The number of carbonyl (C=O) groups is 2. The highest BCUT2D eigenvalue weighted by molar-refractivity contribution is 6.05. The van der Waals surface area contributed by atoms with Gasteiger partial charge in [0.1, 0.15) is 17.0 Å². The van der Waals surface area contributed by atoms with Crippen LogP contribution in [0.3, 0.4) is 0 Å². The van der Waals surface area contributed by atoms with Gasteiger partial charge in [0, 0.05) is 56.4 Å². The van der Waals surface area contributed by atoms with Crippen LogP contribution in [0.25, 0.3) is 11.0 Å². The smallest absolute Gasteiger partial charge is 0.387 e. The number of aromatic nitrogens is 2. The molecule has 1 fully saturated rings. The maximum atomic E-state index is 13.2. The highest BCUT2D eigenvalue weighted by Crippen LogP contribution is 2.32. The van der Waals surface area contributed by atoms with Gasteiger partial charge in [-0.1, -0.05) is 0 Å². The fraction of sp³-hybridized carbons (Fsp3) is 0.400. The van der Waals surface area contributed by atoms with E-state index >= 15 is 0 Å². The molecule has 0 saturated carbocycles. The average molecular weight is 515 g/mol. The van der Waals surface area contributed by atoms with Crippen LogP contribution in [-0.2, 0) is 0 Å². The minimum absolute atomic E-state index is 0.0416. The van der Waals surface area contributed by atoms with Gasteiger partial charge in [-0.15, -0.1) is 0 Å². The molecule has 196 valence electrons. The summed E-state index contributed by atoms with van der Waals surface area (Å²) in [6, 6.07) is 9.69. The molecule has 1 atom stereocenters. The van der Waals surface area contributed by atoms with E-state index in [1.165, 1.54) is 18.2 Å². The molecule has 0 bridgehead atoms. The number of nitrogens with zero attached hydrogens (tertiary/aromatic N) is 4. The number of β-amino-alcohol motifs (C(OH)–C–C–N with tert-alkyl or cyclic N) is 1. The van der Waals surface area contributed by atoms with Crippen molar-refractivity contribution in [1.29, 1.82) is 0 Å². The number of alkyl halides is 2. The molecule has 0 radical (unpaired) electrons. The number of amides is 2. The Morgan fingerprint density at radius 1 is 1.22 bits per heavy atom. The predicted octanol–water partition coefficient (Wildman–Crippen LogP) is 2.31. The quantitative estimate of drug-likeness (QED) is 0.444. The number of pyridine rings is 1. The summed E-state index contributed by atoms with van der Waals surface area (Å²) in [5.74, 6) is -0.939. The first-order valence-electron chi connectivity index (χ1n) is 12.1. The van der Waals surface area contributed by atoms with E-state index in [0.29, 0.717) is 43.2 Å². The normalized spacial score (nSPS) is 18.1. The first-order valence-corrected chi connectivity index (χ1v) is 12.1. The zero-order chi connectivity index (χ0) is 26.1. The molecule has 5 rings (SSSR count). The summed E-state index contributed by atoms with van der Waals surface area (Å²) in [7, 11) is 0. The molecule has 1 saturated heterocycles. The van der Waals surface area contributed by atoms with E-state index in [1.54, 1.807) is 22.8 Å². The molecule has 0 aliphatic carbocycles. The summed E-state index contributed by atoms with van der Waals surface area (Å²) in [4.78, 5) is 34.0. The number of ether oxygens (including phenoxy) is 1. The Labute approximate surface area is 211 Å². The molecule has 3 N–H and O–H groups in total. The third-order valence-corrected chi connectivity index (χ3v) is 6.73. The van der Waals surface area contributed by atoms with Crippen LogP contribution in [0.15, 0.2) is 36.4 Å². The molecule has 37 heavy (non-hydrogen) atoms. The van der Waals surface area contributed by atoms with Crippen molar-refractivity contribution in [2.75, 3.05) is 56.1 Å². The number of benzene rings is 1. The monoisotopic (exact) mass is 514 g/mol. The lowest BCUT2D eigenvalue weighted by molar-refractivity contribution is -0.0493. The van der Waals surface area contributed by atoms with Crippen molar-refractivity contribution in [3.05, 3.63) is 47.8 Å². The fourth-order valence-corrected chi connectivity index (χ4v) is 4.83. The van der Waals surface area contributed by atoms with Crippen LogP contribution in [-0.4, -0.2) is 83.9 Å². The molecule has 2 aromatic heterocycles. The van der Waals surface area contributed by atoms with Gasteiger partial charge in [-0.25, -0.2) is 4.98 Å². The summed E-state index contributed by atoms with van der Waals surface area (Å²) in [6.45, 7) is 2.82. The molecule has 0 spiro atoms. The summed E-state index contributed by atoms with van der Waals surface area (Å²) in [5, 5.41) is 15.3. The van der Waals surface area contributed by atoms with Gasteiger partial charge in [-0.3, -0.25) is 14.5 Å². The standard InChI is InChI=1S/C25H28F2N6O4/c1-15-14-28-24(36)20-12-16-2-4-19(29-22(16)33(15)20)23(35)30-18-5-3-17(13-21(18)37-25(26)27)32-8-6-31(7-9-32)10-11-34/h2-5,12-13,15,25,34H,6-11,14H2,1H3,(H,28,36)(H,30,35)/t15-/m1/s1. The van der Waals surface area contributed by atoms with Gasteiger partial charge >= 0.3 is 6.61 Å². The number of carbonyl (C=O) groups excluding carboxylic acids is 2. The molecule has 2 aliphatic rings. The summed E-state index contributed by atoms with van der Waals surface area (Å²) < 4.78 is 33.0. The zero-order valence-corrected chi connectivity index (χ0v) is 20.3. The summed E-state index contributed by atoms with van der Waals surface area (Å²) >= 11 is 0. The second kappa shape index (κ2) is 10.3. The van der Waals surface area contributed by atoms with Crippen LogP contribution >= 0.6 is 0 Å². The molecule has 2 aliphatic heterocycles. The zero-order valence-electron chi connectivity index (χ0n) is 20.3. The van der Waals surface area contributed by atoms with Crippen molar-refractivity contribution in [3.63, 3.8) is 0 Å². The van der Waals surface area contributed by atoms with Gasteiger partial charge < -0.3 is 29.9 Å². The maximum absolute atomic E-state index is 13.2. The lowest BCUT2D eigenvalue weighted by atomic mass is 10.2. The second-order valence-corrected chi connectivity index (χ2v) is 9.13. The SMILES string of the molecule is C[C@@H]1CNC(=O)c2cc3ccc(C(=O)Nc4ccc(N5CCN(CCO)CC5)cc4OC(F)F)nc3n21. The molecule has 10 nitrogen and oxygen atoms in total. The predicted molar refractivity (Wildman–Crippen MR) is 134 cm³/mol. The number of aliphatic hydroxyl groups is 1. The van der Waals surface area contributed by atoms with Gasteiger partial charge in [0.05, 0.1) is 18.3 Å². The van der Waals surface area contributed by atoms with Crippen LogP contribution in [0.4, 0.5) is 20.2 Å². The molecule has 12 heteroatoms. The number of hydrogen-bond acceptors (Lipinski definition) is 7. The number of halogens is 2. The number of piperazine rings is 1. The highest BCUT2D eigenvalue weighted by Gasteiger charge is 2.26. The number of anilines is 2. The van der Waals surface area contributed by atoms with Crippen molar-refractivity contribution < 1.29 is 28.2 Å². The molecule has 2 amide bonds. The van der Waals surface area contributed by atoms with Gasteiger partial charge in [-0.2, -0.15) is 8.78 Å². The number of nitrogens with one attached hydrogen (secondary N) is 2. The Kier molecular flexibility index (Phi) is 6.94. The van der Waals surface area contributed by atoms with Crippen LogP contribution < -0.4 is 20.3 Å². The van der Waals surface area contributed by atoms with Gasteiger partial charge in [-0.05, 0) is 37.3 Å². The number of aliphatic hydroxyl groups excluding tert-OH is 1. The van der Waals surface area contributed by atoms with E-state index in [-0.39, 0.29) is 35.7 Å². The van der Waals surface area contributed by atoms with E-state index < -0.39 is 12.5 Å². The van der Waals surface area contributed by atoms with Gasteiger partial charge in [0.15, 0.2) is 5.75 Å². The van der Waals surface area contributed by atoms with E-state index in [4.69, 9.17) is 9.84 Å². The molecule has 3 aromatic rings. The lowest BCUT2D eigenvalue weighted by Gasteiger charge is -2.36.